The van der Waals surface area contributed by atoms with Crippen LogP contribution in [-0.2, 0) is 0 Å². The van der Waals surface area contributed by atoms with E-state index < -0.39 is 6.10 Å². The summed E-state index contributed by atoms with van der Waals surface area (Å²) in [4.78, 5) is 0. The Labute approximate surface area is 80.2 Å². The largest absolute Gasteiger partial charge is 0.377 e. The maximum atomic E-state index is 9.05. The van der Waals surface area contributed by atoms with Gasteiger partial charge in [0.05, 0.1) is 0 Å². The summed E-state index contributed by atoms with van der Waals surface area (Å²) < 4.78 is 0. The molecule has 0 saturated heterocycles. The summed E-state index contributed by atoms with van der Waals surface area (Å²) in [5.41, 5.74) is 1.48. The van der Waals surface area contributed by atoms with E-state index in [1.807, 2.05) is 6.08 Å². The highest BCUT2D eigenvalue weighted by Crippen LogP contribution is 2.20. The molecule has 1 aliphatic rings. The molecule has 1 rings (SSSR count). The fraction of sp³-hybridized carbons (Fsp3) is 0.500. The zero-order valence-corrected chi connectivity index (χ0v) is 7.87. The third-order valence-corrected chi connectivity index (χ3v) is 2.25. The van der Waals surface area contributed by atoms with E-state index in [2.05, 4.69) is 12.0 Å². The Hall–Kier alpha value is -1.00. The van der Waals surface area contributed by atoms with E-state index >= 15 is 0 Å². The third kappa shape index (κ3) is 3.96. The lowest BCUT2D eigenvalue weighted by Crippen LogP contribution is -1.96. The number of aliphatic hydroxyl groups is 1. The van der Waals surface area contributed by atoms with E-state index in [4.69, 9.17) is 11.5 Å². The Kier molecular flexibility index (Phi) is 4.35. The Morgan fingerprint density at radius 2 is 2.46 bits per heavy atom. The lowest BCUT2D eigenvalue weighted by Gasteiger charge is -2.09. The summed E-state index contributed by atoms with van der Waals surface area (Å²) in [6.07, 6.45) is 16.2. The van der Waals surface area contributed by atoms with E-state index in [1.54, 1.807) is 6.08 Å². The molecule has 0 aromatic carbocycles. The number of allylic oxidation sites excluding steroid dienone is 3. The summed E-state index contributed by atoms with van der Waals surface area (Å²) in [6, 6.07) is 0. The van der Waals surface area contributed by atoms with Crippen LogP contribution in [0.1, 0.15) is 32.1 Å². The van der Waals surface area contributed by atoms with Gasteiger partial charge in [0.2, 0.25) is 0 Å². The summed E-state index contributed by atoms with van der Waals surface area (Å²) in [7, 11) is 0. The lowest BCUT2D eigenvalue weighted by atomic mass is 9.97. The van der Waals surface area contributed by atoms with Crippen LogP contribution < -0.4 is 0 Å². The minimum absolute atomic E-state index is 0.718. The van der Waals surface area contributed by atoms with Gasteiger partial charge >= 0.3 is 0 Å². The Balaban J connectivity index is 2.29. The van der Waals surface area contributed by atoms with Crippen molar-refractivity contribution in [1.29, 1.82) is 0 Å². The van der Waals surface area contributed by atoms with Crippen molar-refractivity contribution >= 4 is 0 Å². The monoisotopic (exact) mass is 176 g/mol. The standard InChI is InChI=1S/C12H16O/c1-2-12(13)10-6-9-11-7-4-3-5-8-11/h1,6-7,10,12-13H,3-5,8-9H2/b10-6+. The first-order valence-corrected chi connectivity index (χ1v) is 4.81. The molecule has 1 unspecified atom stereocenters. The molecule has 13 heavy (non-hydrogen) atoms. The molecule has 1 atom stereocenters. The number of terminal acetylenes is 1. The van der Waals surface area contributed by atoms with Crippen molar-refractivity contribution in [3.63, 3.8) is 0 Å². The number of aliphatic hydroxyl groups excluding tert-OH is 1. The molecule has 0 aromatic heterocycles. The van der Waals surface area contributed by atoms with E-state index in [0.29, 0.717) is 0 Å². The van der Waals surface area contributed by atoms with Gasteiger partial charge in [0.25, 0.3) is 0 Å². The molecule has 70 valence electrons. The maximum absolute atomic E-state index is 9.05. The number of rotatable bonds is 3. The quantitative estimate of drug-likeness (QED) is 0.517. The zero-order valence-electron chi connectivity index (χ0n) is 7.87. The molecule has 0 saturated carbocycles. The van der Waals surface area contributed by atoms with Gasteiger partial charge in [-0.3, -0.25) is 0 Å². The minimum Gasteiger partial charge on any atom is -0.377 e. The van der Waals surface area contributed by atoms with Crippen LogP contribution in [0.2, 0.25) is 0 Å². The fourth-order valence-corrected chi connectivity index (χ4v) is 1.49. The Morgan fingerprint density at radius 3 is 3.08 bits per heavy atom. The van der Waals surface area contributed by atoms with Gasteiger partial charge in [-0.2, -0.15) is 0 Å². The second-order valence-corrected chi connectivity index (χ2v) is 3.35. The van der Waals surface area contributed by atoms with Crippen molar-refractivity contribution in [3.05, 3.63) is 23.8 Å². The molecule has 0 bridgehead atoms. The van der Waals surface area contributed by atoms with Crippen LogP contribution in [0.15, 0.2) is 23.8 Å². The molecule has 0 amide bonds. The van der Waals surface area contributed by atoms with Crippen LogP contribution in [0.5, 0.6) is 0 Å². The molecule has 0 fully saturated rings. The Morgan fingerprint density at radius 1 is 1.62 bits per heavy atom. The van der Waals surface area contributed by atoms with Gasteiger partial charge in [0.1, 0.15) is 6.10 Å². The van der Waals surface area contributed by atoms with E-state index in [0.717, 1.165) is 6.42 Å². The number of hydrogen-bond acceptors (Lipinski definition) is 1. The second-order valence-electron chi connectivity index (χ2n) is 3.35. The van der Waals surface area contributed by atoms with Crippen molar-refractivity contribution in [3.8, 4) is 12.3 Å². The van der Waals surface area contributed by atoms with Crippen LogP contribution in [0, 0.1) is 12.3 Å². The van der Waals surface area contributed by atoms with Crippen LogP contribution in [0.4, 0.5) is 0 Å². The predicted octanol–water partition coefficient (Wildman–Crippen LogP) is 2.43. The van der Waals surface area contributed by atoms with Crippen LogP contribution in [-0.4, -0.2) is 11.2 Å². The third-order valence-electron chi connectivity index (χ3n) is 2.25. The predicted molar refractivity (Wildman–Crippen MR) is 55.1 cm³/mol. The molecule has 1 N–H and O–H groups in total. The summed E-state index contributed by atoms with van der Waals surface area (Å²) >= 11 is 0. The van der Waals surface area contributed by atoms with E-state index in [1.165, 1.54) is 31.3 Å². The Bertz CT molecular complexity index is 242. The molecular weight excluding hydrogens is 160 g/mol. The van der Waals surface area contributed by atoms with Gasteiger partial charge in [-0.1, -0.05) is 23.6 Å². The molecule has 1 aliphatic carbocycles. The van der Waals surface area contributed by atoms with Gasteiger partial charge in [-0.15, -0.1) is 6.42 Å². The average molecular weight is 176 g/mol. The summed E-state index contributed by atoms with van der Waals surface area (Å²) in [5, 5.41) is 9.05. The molecule has 0 aliphatic heterocycles. The van der Waals surface area contributed by atoms with Crippen molar-refractivity contribution in [1.82, 2.24) is 0 Å². The lowest BCUT2D eigenvalue weighted by molar-refractivity contribution is 0.280. The topological polar surface area (TPSA) is 20.2 Å². The fourth-order valence-electron chi connectivity index (χ4n) is 1.49. The molecule has 0 aromatic rings. The first kappa shape index (κ1) is 10.1. The summed E-state index contributed by atoms with van der Waals surface area (Å²) in [6.45, 7) is 0. The molecule has 1 heteroatoms. The van der Waals surface area contributed by atoms with Gasteiger partial charge in [-0.25, -0.2) is 0 Å². The van der Waals surface area contributed by atoms with Crippen molar-refractivity contribution in [2.24, 2.45) is 0 Å². The van der Waals surface area contributed by atoms with E-state index in [-0.39, 0.29) is 0 Å². The normalized spacial score (nSPS) is 19.5. The molecule has 1 nitrogen and oxygen atoms in total. The first-order chi connectivity index (χ1) is 6.33. The van der Waals surface area contributed by atoms with Gasteiger partial charge in [0, 0.05) is 0 Å². The SMILES string of the molecule is C#CC(O)/C=C/CC1=CCCCC1. The van der Waals surface area contributed by atoms with Gasteiger partial charge in [-0.05, 0) is 38.2 Å². The van der Waals surface area contributed by atoms with Crippen molar-refractivity contribution in [2.75, 3.05) is 0 Å². The second kappa shape index (κ2) is 5.61. The molecular formula is C12H16O. The highest BCUT2D eigenvalue weighted by atomic mass is 16.3. The average Bonchev–Trinajstić information content (AvgIpc) is 2.19. The zero-order chi connectivity index (χ0) is 9.52. The minimum atomic E-state index is -0.718. The van der Waals surface area contributed by atoms with Crippen LogP contribution in [0.3, 0.4) is 0 Å². The smallest absolute Gasteiger partial charge is 0.133 e. The number of hydrogen-bond donors (Lipinski definition) is 1. The van der Waals surface area contributed by atoms with Crippen LogP contribution >= 0.6 is 0 Å². The molecule has 0 heterocycles. The van der Waals surface area contributed by atoms with E-state index in [9.17, 15) is 0 Å². The van der Waals surface area contributed by atoms with Crippen molar-refractivity contribution in [2.45, 2.75) is 38.2 Å². The molecule has 0 radical (unpaired) electrons. The summed E-state index contributed by atoms with van der Waals surface area (Å²) in [5.74, 6) is 2.25. The van der Waals surface area contributed by atoms with Gasteiger partial charge in [0.15, 0.2) is 0 Å². The highest BCUT2D eigenvalue weighted by Gasteiger charge is 2.01. The van der Waals surface area contributed by atoms with Crippen LogP contribution in [0.25, 0.3) is 0 Å². The molecule has 0 spiro atoms. The van der Waals surface area contributed by atoms with Gasteiger partial charge < -0.3 is 5.11 Å². The first-order valence-electron chi connectivity index (χ1n) is 4.81. The van der Waals surface area contributed by atoms with Crippen molar-refractivity contribution < 1.29 is 5.11 Å². The highest BCUT2D eigenvalue weighted by molar-refractivity contribution is 5.13. The maximum Gasteiger partial charge on any atom is 0.133 e.